The maximum Gasteiger partial charge on any atom is 0.138 e. The van der Waals surface area contributed by atoms with E-state index in [1.54, 1.807) is 0 Å². The van der Waals surface area contributed by atoms with Crippen molar-refractivity contribution in [2.75, 3.05) is 39.5 Å². The summed E-state index contributed by atoms with van der Waals surface area (Å²) < 4.78 is 10.8. The summed E-state index contributed by atoms with van der Waals surface area (Å²) in [6.45, 7) is 6.02. The third-order valence-electron chi connectivity index (χ3n) is 3.09. The number of ether oxygens (including phenoxy) is 2. The predicted molar refractivity (Wildman–Crippen MR) is 74.9 cm³/mol. The molecule has 1 unspecified atom stereocenters. The first kappa shape index (κ1) is 14.6. The summed E-state index contributed by atoms with van der Waals surface area (Å²) in [7, 11) is 0. The normalized spacial score (nSPS) is 18.3. The van der Waals surface area contributed by atoms with Gasteiger partial charge in [0.25, 0.3) is 0 Å². The fraction of sp³-hybridized carbons (Fsp3) is 0.571. The van der Waals surface area contributed by atoms with E-state index >= 15 is 0 Å². The molecule has 1 aromatic carbocycles. The van der Waals surface area contributed by atoms with Crippen LogP contribution < -0.4 is 4.74 Å². The Balaban J connectivity index is 1.77. The summed E-state index contributed by atoms with van der Waals surface area (Å²) in [6, 6.07) is 5.62. The minimum Gasteiger partial charge on any atom is -0.489 e. The summed E-state index contributed by atoms with van der Waals surface area (Å²) >= 11 is 6.07. The van der Waals surface area contributed by atoms with E-state index < -0.39 is 6.10 Å². The highest BCUT2D eigenvalue weighted by Gasteiger charge is 2.15. The molecule has 1 fully saturated rings. The number of morpholine rings is 1. The Kier molecular flexibility index (Phi) is 5.45. The standard InChI is InChI=1S/C14H20ClNO3/c1-11-2-3-14(13(15)8-11)19-10-12(17)9-16-4-6-18-7-5-16/h2-3,8,12,17H,4-7,9-10H2,1H3. The zero-order chi connectivity index (χ0) is 13.7. The molecule has 1 aliphatic rings. The van der Waals surface area contributed by atoms with Crippen LogP contribution in [0.15, 0.2) is 18.2 Å². The van der Waals surface area contributed by atoms with Crippen molar-refractivity contribution in [2.24, 2.45) is 0 Å². The first-order chi connectivity index (χ1) is 9.15. The molecular weight excluding hydrogens is 266 g/mol. The first-order valence-electron chi connectivity index (χ1n) is 6.52. The molecule has 1 aromatic rings. The van der Waals surface area contributed by atoms with Crippen molar-refractivity contribution >= 4 is 11.6 Å². The van der Waals surface area contributed by atoms with Gasteiger partial charge in [0.15, 0.2) is 0 Å². The van der Waals surface area contributed by atoms with Crippen LogP contribution in [-0.4, -0.2) is 55.6 Å². The molecule has 1 heterocycles. The number of nitrogens with zero attached hydrogens (tertiary/aromatic N) is 1. The average Bonchev–Trinajstić information content (AvgIpc) is 2.39. The zero-order valence-corrected chi connectivity index (χ0v) is 11.9. The molecule has 1 atom stereocenters. The molecule has 0 bridgehead atoms. The monoisotopic (exact) mass is 285 g/mol. The van der Waals surface area contributed by atoms with E-state index in [2.05, 4.69) is 4.90 Å². The molecule has 1 N–H and O–H groups in total. The van der Waals surface area contributed by atoms with E-state index in [0.29, 0.717) is 17.3 Å². The number of β-amino-alcohol motifs (C(OH)–C–C–N with tert-alkyl or cyclic N) is 1. The number of benzene rings is 1. The van der Waals surface area contributed by atoms with Crippen LogP contribution in [0.25, 0.3) is 0 Å². The van der Waals surface area contributed by atoms with Gasteiger partial charge in [0.05, 0.1) is 18.2 Å². The van der Waals surface area contributed by atoms with Gasteiger partial charge in [0, 0.05) is 19.6 Å². The fourth-order valence-electron chi connectivity index (χ4n) is 2.04. The third kappa shape index (κ3) is 4.66. The van der Waals surface area contributed by atoms with Crippen molar-refractivity contribution in [1.29, 1.82) is 0 Å². The lowest BCUT2D eigenvalue weighted by Crippen LogP contribution is -2.42. The Labute approximate surface area is 118 Å². The van der Waals surface area contributed by atoms with Crippen LogP contribution in [0, 0.1) is 6.92 Å². The molecule has 5 heteroatoms. The van der Waals surface area contributed by atoms with Crippen molar-refractivity contribution in [1.82, 2.24) is 4.90 Å². The summed E-state index contributed by atoms with van der Waals surface area (Å²) in [6.07, 6.45) is -0.518. The molecule has 106 valence electrons. The molecule has 1 aliphatic heterocycles. The minimum absolute atomic E-state index is 0.250. The van der Waals surface area contributed by atoms with Crippen molar-refractivity contribution in [3.05, 3.63) is 28.8 Å². The second kappa shape index (κ2) is 7.10. The highest BCUT2D eigenvalue weighted by molar-refractivity contribution is 6.32. The lowest BCUT2D eigenvalue weighted by Gasteiger charge is -2.28. The third-order valence-corrected chi connectivity index (χ3v) is 3.39. The van der Waals surface area contributed by atoms with Crippen LogP contribution in [0.5, 0.6) is 5.75 Å². The molecule has 19 heavy (non-hydrogen) atoms. The molecule has 0 radical (unpaired) electrons. The van der Waals surface area contributed by atoms with E-state index in [9.17, 15) is 5.11 Å². The lowest BCUT2D eigenvalue weighted by atomic mass is 10.2. The summed E-state index contributed by atoms with van der Waals surface area (Å²) in [5, 5.41) is 10.5. The predicted octanol–water partition coefficient (Wildman–Crippen LogP) is 1.72. The van der Waals surface area contributed by atoms with Crippen LogP contribution in [0.3, 0.4) is 0 Å². The minimum atomic E-state index is -0.518. The van der Waals surface area contributed by atoms with Crippen molar-refractivity contribution in [3.63, 3.8) is 0 Å². The lowest BCUT2D eigenvalue weighted by molar-refractivity contribution is 0.00466. The van der Waals surface area contributed by atoms with Gasteiger partial charge in [0.2, 0.25) is 0 Å². The Morgan fingerprint density at radius 3 is 2.84 bits per heavy atom. The second-order valence-electron chi connectivity index (χ2n) is 4.81. The Bertz CT molecular complexity index is 408. The quantitative estimate of drug-likeness (QED) is 0.894. The maximum absolute atomic E-state index is 9.96. The van der Waals surface area contributed by atoms with Crippen LogP contribution in [-0.2, 0) is 4.74 Å². The van der Waals surface area contributed by atoms with Gasteiger partial charge in [-0.05, 0) is 24.6 Å². The van der Waals surface area contributed by atoms with Gasteiger partial charge < -0.3 is 14.6 Å². The van der Waals surface area contributed by atoms with Crippen molar-refractivity contribution < 1.29 is 14.6 Å². The van der Waals surface area contributed by atoms with E-state index in [1.165, 1.54) is 0 Å². The maximum atomic E-state index is 9.96. The van der Waals surface area contributed by atoms with Gasteiger partial charge in [-0.15, -0.1) is 0 Å². The Morgan fingerprint density at radius 2 is 2.16 bits per heavy atom. The van der Waals surface area contributed by atoms with Gasteiger partial charge >= 0.3 is 0 Å². The number of halogens is 1. The molecule has 0 amide bonds. The number of aryl methyl sites for hydroxylation is 1. The number of hydrogen-bond acceptors (Lipinski definition) is 4. The fourth-order valence-corrected chi connectivity index (χ4v) is 2.33. The van der Waals surface area contributed by atoms with Crippen LogP contribution in [0.2, 0.25) is 5.02 Å². The largest absolute Gasteiger partial charge is 0.489 e. The van der Waals surface area contributed by atoms with Gasteiger partial charge in [-0.25, -0.2) is 0 Å². The first-order valence-corrected chi connectivity index (χ1v) is 6.90. The molecular formula is C14H20ClNO3. The smallest absolute Gasteiger partial charge is 0.138 e. The van der Waals surface area contributed by atoms with Crippen LogP contribution >= 0.6 is 11.6 Å². The highest BCUT2D eigenvalue weighted by atomic mass is 35.5. The van der Waals surface area contributed by atoms with Crippen LogP contribution in [0.4, 0.5) is 0 Å². The Morgan fingerprint density at radius 1 is 1.42 bits per heavy atom. The number of hydrogen-bond donors (Lipinski definition) is 1. The summed E-state index contributed by atoms with van der Waals surface area (Å²) in [4.78, 5) is 2.17. The summed E-state index contributed by atoms with van der Waals surface area (Å²) in [5.74, 6) is 0.619. The highest BCUT2D eigenvalue weighted by Crippen LogP contribution is 2.25. The molecule has 0 spiro atoms. The van der Waals surface area contributed by atoms with Gasteiger partial charge in [0.1, 0.15) is 18.5 Å². The topological polar surface area (TPSA) is 41.9 Å². The number of rotatable bonds is 5. The zero-order valence-electron chi connectivity index (χ0n) is 11.1. The van der Waals surface area contributed by atoms with Crippen LogP contribution in [0.1, 0.15) is 5.56 Å². The van der Waals surface area contributed by atoms with Gasteiger partial charge in [-0.2, -0.15) is 0 Å². The molecule has 0 saturated carbocycles. The molecule has 2 rings (SSSR count). The van der Waals surface area contributed by atoms with Gasteiger partial charge in [-0.1, -0.05) is 17.7 Å². The molecule has 0 aliphatic carbocycles. The summed E-state index contributed by atoms with van der Waals surface area (Å²) in [5.41, 5.74) is 1.09. The van der Waals surface area contributed by atoms with Crippen molar-refractivity contribution in [2.45, 2.75) is 13.0 Å². The van der Waals surface area contributed by atoms with E-state index in [1.807, 2.05) is 25.1 Å². The number of aliphatic hydroxyl groups is 1. The Hall–Kier alpha value is -0.810. The number of aliphatic hydroxyl groups excluding tert-OH is 1. The molecule has 0 aromatic heterocycles. The van der Waals surface area contributed by atoms with Gasteiger partial charge in [-0.3, -0.25) is 4.90 Å². The molecule has 1 saturated heterocycles. The SMILES string of the molecule is Cc1ccc(OCC(O)CN2CCOCC2)c(Cl)c1. The average molecular weight is 286 g/mol. The van der Waals surface area contributed by atoms with E-state index in [0.717, 1.165) is 31.9 Å². The van der Waals surface area contributed by atoms with Crippen molar-refractivity contribution in [3.8, 4) is 5.75 Å². The molecule has 4 nitrogen and oxygen atoms in total. The second-order valence-corrected chi connectivity index (χ2v) is 5.22. The van der Waals surface area contributed by atoms with E-state index in [-0.39, 0.29) is 6.61 Å². The van der Waals surface area contributed by atoms with E-state index in [4.69, 9.17) is 21.1 Å².